The number of aryl methyl sites for hydroxylation is 2. The number of aromatic amines is 2. The molecule has 0 unspecified atom stereocenters. The second-order valence-electron chi connectivity index (χ2n) is 13.1. The second-order valence-corrected chi connectivity index (χ2v) is 15.3. The molecule has 12 heteroatoms. The normalized spacial score (nSPS) is 15.5. The van der Waals surface area contributed by atoms with E-state index in [0.29, 0.717) is 23.2 Å². The Morgan fingerprint density at radius 3 is 1.56 bits per heavy atom. The Morgan fingerprint density at radius 1 is 0.673 bits per heavy atom. The number of hydrogen-bond donors (Lipinski definition) is 4. The van der Waals surface area contributed by atoms with Gasteiger partial charge in [-0.15, -0.1) is 0 Å². The minimum absolute atomic E-state index is 0.0750. The number of rotatable bonds is 8. The highest BCUT2D eigenvalue weighted by molar-refractivity contribution is 8.14. The van der Waals surface area contributed by atoms with E-state index in [9.17, 15) is 9.59 Å². The molecule has 0 saturated carbocycles. The van der Waals surface area contributed by atoms with Crippen LogP contribution in [0.15, 0.2) is 47.4 Å². The topological polar surface area (TPSA) is 140 Å². The van der Waals surface area contributed by atoms with Gasteiger partial charge in [0.05, 0.1) is 35.9 Å². The van der Waals surface area contributed by atoms with Gasteiger partial charge in [0, 0.05) is 57.5 Å². The highest BCUT2D eigenvalue weighted by Gasteiger charge is 2.24. The van der Waals surface area contributed by atoms with E-state index in [1.807, 2.05) is 18.2 Å². The summed E-state index contributed by atoms with van der Waals surface area (Å²) in [7, 11) is 0. The molecule has 0 aliphatic carbocycles. The highest BCUT2D eigenvalue weighted by Crippen LogP contribution is 2.38. The molecule has 3 aromatic rings. The lowest BCUT2D eigenvalue weighted by Gasteiger charge is -2.08. The van der Waals surface area contributed by atoms with Gasteiger partial charge in [0.2, 0.25) is 11.8 Å². The van der Waals surface area contributed by atoms with Crippen molar-refractivity contribution in [3.05, 3.63) is 82.5 Å². The summed E-state index contributed by atoms with van der Waals surface area (Å²) in [6.45, 7) is 18.0. The Labute approximate surface area is 311 Å². The van der Waals surface area contributed by atoms with Crippen molar-refractivity contribution in [2.24, 2.45) is 9.98 Å². The molecule has 0 spiro atoms. The molecule has 52 heavy (non-hydrogen) atoms. The first-order chi connectivity index (χ1) is 25.1. The number of thioether (sulfide) groups is 2. The van der Waals surface area contributed by atoms with Gasteiger partial charge < -0.3 is 20.6 Å². The minimum atomic E-state index is -0.0759. The van der Waals surface area contributed by atoms with Crippen LogP contribution in [0.5, 0.6) is 0 Å². The van der Waals surface area contributed by atoms with Gasteiger partial charge in [-0.2, -0.15) is 0 Å². The molecule has 7 rings (SSSR count). The predicted molar refractivity (Wildman–Crippen MR) is 220 cm³/mol. The largest absolute Gasteiger partial charge is 0.355 e. The third kappa shape index (κ3) is 7.09. The molecule has 4 aliphatic heterocycles. The smallest absolute Gasteiger partial charge is 0.226 e. The van der Waals surface area contributed by atoms with Crippen molar-refractivity contribution in [1.29, 1.82) is 0 Å². The van der Waals surface area contributed by atoms with Crippen molar-refractivity contribution < 1.29 is 9.59 Å². The summed E-state index contributed by atoms with van der Waals surface area (Å²) in [4.78, 5) is 52.5. The Bertz CT molecular complexity index is 2340. The summed E-state index contributed by atoms with van der Waals surface area (Å²) in [6.07, 6.45) is 5.30. The monoisotopic (exact) mass is 730 g/mol. The van der Waals surface area contributed by atoms with E-state index >= 15 is 0 Å². The second kappa shape index (κ2) is 15.0. The molecule has 0 saturated heterocycles. The van der Waals surface area contributed by atoms with Crippen LogP contribution in [0.4, 0.5) is 0 Å². The molecule has 3 aromatic heterocycles. The van der Waals surface area contributed by atoms with Crippen LogP contribution in [0.3, 0.4) is 0 Å². The molecule has 266 valence electrons. The van der Waals surface area contributed by atoms with Crippen molar-refractivity contribution in [1.82, 2.24) is 30.6 Å². The molecule has 2 amide bonds. The maximum absolute atomic E-state index is 13.0. The fraction of sp³-hybridized carbons (Fsp3) is 0.300. The fourth-order valence-corrected chi connectivity index (χ4v) is 8.45. The Kier molecular flexibility index (Phi) is 10.2. The van der Waals surface area contributed by atoms with E-state index in [-0.39, 0.29) is 24.7 Å². The molecule has 0 fully saturated rings. The van der Waals surface area contributed by atoms with Gasteiger partial charge in [-0.05, 0) is 98.2 Å². The van der Waals surface area contributed by atoms with Gasteiger partial charge in [0.15, 0.2) is 10.3 Å². The van der Waals surface area contributed by atoms with E-state index in [2.05, 4.69) is 89.6 Å². The summed E-state index contributed by atoms with van der Waals surface area (Å²) in [6, 6.07) is 8.27. The van der Waals surface area contributed by atoms with Gasteiger partial charge >= 0.3 is 0 Å². The number of aromatic nitrogens is 4. The Balaban J connectivity index is 1.40. The summed E-state index contributed by atoms with van der Waals surface area (Å²) < 4.78 is 0. The summed E-state index contributed by atoms with van der Waals surface area (Å²) in [5.41, 5.74) is 15.0. The lowest BCUT2D eigenvalue weighted by atomic mass is 9.98. The summed E-state index contributed by atoms with van der Waals surface area (Å²) in [5, 5.41) is 7.30. The van der Waals surface area contributed by atoms with Crippen LogP contribution in [0.25, 0.3) is 56.5 Å². The van der Waals surface area contributed by atoms with Crippen LogP contribution in [0.2, 0.25) is 0 Å². The zero-order valence-corrected chi connectivity index (χ0v) is 31.6. The molecule has 0 atom stereocenters. The number of nitrogens with one attached hydrogen (secondary N) is 4. The fourth-order valence-electron chi connectivity index (χ4n) is 6.96. The zero-order valence-electron chi connectivity index (χ0n) is 30.0. The summed E-state index contributed by atoms with van der Waals surface area (Å²) in [5.74, 6) is 1.61. The molecule has 0 aromatic carbocycles. The standard InChI is InChI=1S/C40H42N8O2S2/c1-7-25-21(3)29-17-30-23(5)27(9-11-37(49)47-39-41-13-15-51-39)35(45-30)20-36-28(10-12-38(50)48-40-42-14-16-52-40)24(6)32(46-36)19-34-26(8-2)22(4)31(44-34)18-33(25)43-29/h7-8,17-20,43-44H,1-2,9-16H2,3-6H3,(H,41,47,49)(H,42,48,50). The highest BCUT2D eigenvalue weighted by atomic mass is 32.2. The number of aliphatic imine (C=N–C) groups is 2. The first kappa shape index (κ1) is 35.5. The lowest BCUT2D eigenvalue weighted by molar-refractivity contribution is -0.120. The third-order valence-electron chi connectivity index (χ3n) is 9.91. The average Bonchev–Trinajstić information content (AvgIpc) is 3.97. The van der Waals surface area contributed by atoms with Crippen LogP contribution in [0, 0.1) is 13.8 Å². The van der Waals surface area contributed by atoms with Crippen molar-refractivity contribution >= 4 is 102 Å². The van der Waals surface area contributed by atoms with Crippen molar-refractivity contribution in [2.45, 2.75) is 53.4 Å². The molecular weight excluding hydrogens is 689 g/mol. The van der Waals surface area contributed by atoms with E-state index in [1.165, 1.54) is 0 Å². The zero-order chi connectivity index (χ0) is 36.5. The van der Waals surface area contributed by atoms with Gasteiger partial charge in [-0.3, -0.25) is 19.6 Å². The minimum Gasteiger partial charge on any atom is -0.355 e. The molecule has 4 N–H and O–H groups in total. The Morgan fingerprint density at radius 2 is 1.12 bits per heavy atom. The number of carbonyl (C=O) groups is 2. The van der Waals surface area contributed by atoms with Crippen LogP contribution >= 0.6 is 23.5 Å². The lowest BCUT2D eigenvalue weighted by Crippen LogP contribution is -2.27. The first-order valence-corrected chi connectivity index (χ1v) is 19.5. The van der Waals surface area contributed by atoms with Crippen LogP contribution in [-0.2, 0) is 9.59 Å². The number of nitrogens with zero attached hydrogens (tertiary/aromatic N) is 4. The molecule has 8 bridgehead atoms. The van der Waals surface area contributed by atoms with Crippen molar-refractivity contribution in [2.75, 3.05) is 24.6 Å². The average molecular weight is 731 g/mol. The van der Waals surface area contributed by atoms with E-state index in [0.717, 1.165) is 114 Å². The number of carbonyl (C=O) groups excluding carboxylic acids is 2. The first-order valence-electron chi connectivity index (χ1n) is 17.5. The number of hydrogen-bond acceptors (Lipinski definition) is 8. The van der Waals surface area contributed by atoms with Crippen LogP contribution in [-0.4, -0.2) is 66.7 Å². The number of allylic oxidation sites excluding steroid dienone is 4. The Hall–Kier alpha value is -4.94. The quantitative estimate of drug-likeness (QED) is 0.185. The molecule has 10 nitrogen and oxygen atoms in total. The number of amides is 2. The van der Waals surface area contributed by atoms with E-state index in [1.54, 1.807) is 23.5 Å². The van der Waals surface area contributed by atoms with E-state index in [4.69, 9.17) is 9.97 Å². The number of H-pyrrole nitrogens is 2. The van der Waals surface area contributed by atoms with Crippen molar-refractivity contribution in [3.63, 3.8) is 0 Å². The maximum atomic E-state index is 13.0. The van der Waals surface area contributed by atoms with Gasteiger partial charge in [-0.1, -0.05) is 48.8 Å². The SMILES string of the molecule is C=Cc1c(C)c2cc3[nH]c(cc4nc(cc5nc(cc1[nH]2)C(C)=C5CCC(=O)NC1=NCCS1)C(CCC(=O)NC1=NCCS1)=C4C)c(C)c3C=C. The molecule has 0 radical (unpaired) electrons. The molecular formula is C40H42N8O2S2. The van der Waals surface area contributed by atoms with E-state index < -0.39 is 0 Å². The number of fused-ring (bicyclic) bond motifs is 8. The number of amidine groups is 2. The van der Waals surface area contributed by atoms with Crippen molar-refractivity contribution in [3.8, 4) is 0 Å². The third-order valence-corrected chi connectivity index (χ3v) is 11.7. The van der Waals surface area contributed by atoms with Gasteiger partial charge in [0.1, 0.15) is 0 Å². The van der Waals surface area contributed by atoms with Gasteiger partial charge in [-0.25, -0.2) is 9.97 Å². The predicted octanol–water partition coefficient (Wildman–Crippen LogP) is 8.08. The van der Waals surface area contributed by atoms with Crippen LogP contribution < -0.4 is 10.6 Å². The molecule has 7 heterocycles. The van der Waals surface area contributed by atoms with Crippen LogP contribution in [0.1, 0.15) is 84.6 Å². The summed E-state index contributed by atoms with van der Waals surface area (Å²) >= 11 is 3.13. The van der Waals surface area contributed by atoms with Gasteiger partial charge in [0.25, 0.3) is 0 Å². The maximum Gasteiger partial charge on any atom is 0.226 e. The molecule has 4 aliphatic rings.